The zero-order valence-electron chi connectivity index (χ0n) is 11.0. The first-order valence-electron chi connectivity index (χ1n) is 6.72. The summed E-state index contributed by atoms with van der Waals surface area (Å²) < 4.78 is 50.2. The molecule has 1 saturated carbocycles. The molecule has 0 radical (unpaired) electrons. The molecule has 6 nitrogen and oxygen atoms in total. The first-order valence-corrected chi connectivity index (χ1v) is 10.1. The monoisotopic (exact) mass is 310 g/mol. The number of nitrogens with one attached hydrogen (secondary N) is 1. The second kappa shape index (κ2) is 5.31. The second-order valence-corrected chi connectivity index (χ2v) is 9.95. The Morgan fingerprint density at radius 2 is 1.68 bits per heavy atom. The van der Waals surface area contributed by atoms with Crippen molar-refractivity contribution in [2.45, 2.75) is 49.3 Å². The zero-order valence-corrected chi connectivity index (χ0v) is 12.6. The Morgan fingerprint density at radius 1 is 1.16 bits per heavy atom. The molecule has 2 fully saturated rings. The molecule has 112 valence electrons. The van der Waals surface area contributed by atoms with Crippen molar-refractivity contribution >= 4 is 19.9 Å². The molecule has 1 heterocycles. The van der Waals surface area contributed by atoms with Crippen LogP contribution >= 0.6 is 0 Å². The molecule has 8 heteroatoms. The molecule has 0 aromatic heterocycles. The molecule has 1 aliphatic heterocycles. The minimum Gasteiger partial charge on any atom is -0.329 e. The van der Waals surface area contributed by atoms with Crippen LogP contribution in [-0.2, 0) is 19.9 Å². The molecule has 3 N–H and O–H groups in total. The van der Waals surface area contributed by atoms with E-state index in [9.17, 15) is 16.8 Å². The van der Waals surface area contributed by atoms with Crippen LogP contribution in [0.3, 0.4) is 0 Å². The van der Waals surface area contributed by atoms with E-state index in [0.717, 1.165) is 25.7 Å². The predicted molar refractivity (Wildman–Crippen MR) is 74.0 cm³/mol. The summed E-state index contributed by atoms with van der Waals surface area (Å²) in [5, 5.41) is -0.597. The molecule has 0 aromatic rings. The van der Waals surface area contributed by atoms with E-state index in [1.54, 1.807) is 0 Å². The fraction of sp³-hybridized carbons (Fsp3) is 1.00. The lowest BCUT2D eigenvalue weighted by Gasteiger charge is -2.32. The van der Waals surface area contributed by atoms with Crippen molar-refractivity contribution in [1.82, 2.24) is 4.72 Å². The molecule has 0 unspecified atom stereocenters. The van der Waals surface area contributed by atoms with E-state index in [1.165, 1.54) is 0 Å². The third-order valence-corrected chi connectivity index (χ3v) is 8.03. The van der Waals surface area contributed by atoms with Crippen molar-refractivity contribution in [3.8, 4) is 0 Å². The number of hydrogen-bond acceptors (Lipinski definition) is 5. The van der Waals surface area contributed by atoms with Gasteiger partial charge in [0.15, 0.2) is 0 Å². The molecular weight excluding hydrogens is 288 g/mol. The SMILES string of the molecule is NCC1(NS(=O)(=O)C2CCS(=O)(=O)CC2)CCCC1. The van der Waals surface area contributed by atoms with Crippen LogP contribution in [0.4, 0.5) is 0 Å². The topological polar surface area (TPSA) is 106 Å². The minimum absolute atomic E-state index is 0.0335. The maximum Gasteiger partial charge on any atom is 0.215 e. The van der Waals surface area contributed by atoms with Gasteiger partial charge in [0.2, 0.25) is 10.0 Å². The molecule has 0 spiro atoms. The maximum absolute atomic E-state index is 12.4. The number of nitrogens with two attached hydrogens (primary N) is 1. The van der Waals surface area contributed by atoms with Crippen LogP contribution in [0.5, 0.6) is 0 Å². The number of sulfonamides is 1. The fourth-order valence-corrected chi connectivity index (χ4v) is 6.67. The molecule has 19 heavy (non-hydrogen) atoms. The summed E-state index contributed by atoms with van der Waals surface area (Å²) in [5.41, 5.74) is 5.22. The van der Waals surface area contributed by atoms with Gasteiger partial charge in [-0.05, 0) is 25.7 Å². The van der Waals surface area contributed by atoms with Crippen LogP contribution in [0.1, 0.15) is 38.5 Å². The molecule has 2 aliphatic rings. The van der Waals surface area contributed by atoms with Crippen molar-refractivity contribution in [3.05, 3.63) is 0 Å². The van der Waals surface area contributed by atoms with Gasteiger partial charge >= 0.3 is 0 Å². The first-order chi connectivity index (χ1) is 8.79. The predicted octanol–water partition coefficient (Wildman–Crippen LogP) is -0.245. The first kappa shape index (κ1) is 15.2. The summed E-state index contributed by atoms with van der Waals surface area (Å²) in [6.07, 6.45) is 3.90. The summed E-state index contributed by atoms with van der Waals surface area (Å²) in [5.74, 6) is -0.0671. The van der Waals surface area contributed by atoms with E-state index in [1.807, 2.05) is 0 Å². The highest BCUT2D eigenvalue weighted by Crippen LogP contribution is 2.31. The van der Waals surface area contributed by atoms with Crippen molar-refractivity contribution < 1.29 is 16.8 Å². The third kappa shape index (κ3) is 3.48. The van der Waals surface area contributed by atoms with Gasteiger partial charge in [-0.1, -0.05) is 12.8 Å². The Labute approximate surface area is 115 Å². The molecule has 1 saturated heterocycles. The van der Waals surface area contributed by atoms with E-state index in [4.69, 9.17) is 5.73 Å². The summed E-state index contributed by atoms with van der Waals surface area (Å²) in [6, 6.07) is 0. The average molecular weight is 310 g/mol. The van der Waals surface area contributed by atoms with Gasteiger partial charge in [0.25, 0.3) is 0 Å². The average Bonchev–Trinajstić information content (AvgIpc) is 2.77. The minimum atomic E-state index is -3.48. The zero-order chi connectivity index (χ0) is 14.1. The normalized spacial score (nSPS) is 27.4. The number of rotatable bonds is 4. The molecule has 0 atom stereocenters. The van der Waals surface area contributed by atoms with Crippen LogP contribution in [0.25, 0.3) is 0 Å². The van der Waals surface area contributed by atoms with Crippen molar-refractivity contribution in [2.75, 3.05) is 18.1 Å². The molecule has 1 aliphatic carbocycles. The third-order valence-electron chi connectivity index (χ3n) is 4.25. The Hall–Kier alpha value is -0.180. The van der Waals surface area contributed by atoms with Crippen molar-refractivity contribution in [2.24, 2.45) is 5.73 Å². The van der Waals surface area contributed by atoms with Crippen molar-refractivity contribution in [3.63, 3.8) is 0 Å². The summed E-state index contributed by atoms with van der Waals surface area (Å²) >= 11 is 0. The maximum atomic E-state index is 12.4. The van der Waals surface area contributed by atoms with E-state index in [-0.39, 0.29) is 24.3 Å². The van der Waals surface area contributed by atoms with Crippen LogP contribution < -0.4 is 10.5 Å². The Bertz CT molecular complexity index is 507. The van der Waals surface area contributed by atoms with Crippen LogP contribution in [0.2, 0.25) is 0 Å². The summed E-state index contributed by atoms with van der Waals surface area (Å²) in [4.78, 5) is 0. The smallest absolute Gasteiger partial charge is 0.215 e. The fourth-order valence-electron chi connectivity index (χ4n) is 2.96. The van der Waals surface area contributed by atoms with Gasteiger partial charge in [-0.25, -0.2) is 21.6 Å². The van der Waals surface area contributed by atoms with Crippen LogP contribution in [0, 0.1) is 0 Å². The lowest BCUT2D eigenvalue weighted by Crippen LogP contribution is -2.54. The quantitative estimate of drug-likeness (QED) is 0.745. The highest BCUT2D eigenvalue weighted by Gasteiger charge is 2.40. The molecule has 2 rings (SSSR count). The molecule has 0 aromatic carbocycles. The largest absolute Gasteiger partial charge is 0.329 e. The highest BCUT2D eigenvalue weighted by atomic mass is 32.2. The molecule has 0 bridgehead atoms. The Kier molecular flexibility index (Phi) is 4.25. The van der Waals surface area contributed by atoms with Gasteiger partial charge in [-0.2, -0.15) is 0 Å². The molecule has 0 amide bonds. The summed E-state index contributed by atoms with van der Waals surface area (Å²) in [6.45, 7) is 0.303. The highest BCUT2D eigenvalue weighted by molar-refractivity contribution is 7.92. The van der Waals surface area contributed by atoms with Gasteiger partial charge < -0.3 is 5.73 Å². The standard InChI is InChI=1S/C11H22N2O4S2/c12-9-11(5-1-2-6-11)13-19(16,17)10-3-7-18(14,15)8-4-10/h10,13H,1-9,12H2. The Balaban J connectivity index is 2.07. The summed E-state index contributed by atoms with van der Waals surface area (Å²) in [7, 11) is -6.52. The Morgan fingerprint density at radius 3 is 2.16 bits per heavy atom. The molecular formula is C11H22N2O4S2. The van der Waals surface area contributed by atoms with E-state index in [2.05, 4.69) is 4.72 Å². The van der Waals surface area contributed by atoms with Gasteiger partial charge in [0.05, 0.1) is 16.8 Å². The van der Waals surface area contributed by atoms with Gasteiger partial charge in [-0.15, -0.1) is 0 Å². The number of hydrogen-bond donors (Lipinski definition) is 2. The van der Waals surface area contributed by atoms with Gasteiger partial charge in [0, 0.05) is 12.1 Å². The lowest BCUT2D eigenvalue weighted by atomic mass is 10.0. The van der Waals surface area contributed by atoms with Gasteiger partial charge in [-0.3, -0.25) is 0 Å². The van der Waals surface area contributed by atoms with Gasteiger partial charge in [0.1, 0.15) is 9.84 Å². The lowest BCUT2D eigenvalue weighted by molar-refractivity contribution is 0.395. The second-order valence-electron chi connectivity index (χ2n) is 5.69. The number of sulfone groups is 1. The van der Waals surface area contributed by atoms with E-state index < -0.39 is 30.6 Å². The van der Waals surface area contributed by atoms with E-state index in [0.29, 0.717) is 6.54 Å². The van der Waals surface area contributed by atoms with Crippen LogP contribution in [0.15, 0.2) is 0 Å². The van der Waals surface area contributed by atoms with E-state index >= 15 is 0 Å². The van der Waals surface area contributed by atoms with Crippen molar-refractivity contribution in [1.29, 1.82) is 0 Å². The van der Waals surface area contributed by atoms with Crippen LogP contribution in [-0.4, -0.2) is 45.7 Å².